The van der Waals surface area contributed by atoms with Crippen LogP contribution in [0.1, 0.15) is 21.5 Å². The molecule has 0 radical (unpaired) electrons. The minimum atomic E-state index is -0.107. The van der Waals surface area contributed by atoms with Crippen LogP contribution in [0.25, 0.3) is 0 Å². The molecule has 0 unspecified atom stereocenters. The molecule has 1 aliphatic rings. The molecule has 4 heteroatoms. The molecule has 0 aromatic heterocycles. The fourth-order valence-electron chi connectivity index (χ4n) is 2.03. The van der Waals surface area contributed by atoms with Gasteiger partial charge in [-0.3, -0.25) is 4.79 Å². The second kappa shape index (κ2) is 4.28. The minimum Gasteiger partial charge on any atom is -0.508 e. The summed E-state index contributed by atoms with van der Waals surface area (Å²) in [5, 5.41) is 9.48. The van der Waals surface area contributed by atoms with Crippen molar-refractivity contribution < 1.29 is 14.6 Å². The number of ketones is 1. The molecule has 2 aromatic rings. The second-order valence-corrected chi connectivity index (χ2v) is 5.35. The maximum Gasteiger partial charge on any atom is 0.197 e. The highest BCUT2D eigenvalue weighted by atomic mass is 127. The van der Waals surface area contributed by atoms with Gasteiger partial charge in [-0.2, -0.15) is 0 Å². The quantitative estimate of drug-likeness (QED) is 0.742. The van der Waals surface area contributed by atoms with E-state index in [0.717, 1.165) is 9.13 Å². The molecule has 0 amide bonds. The standard InChI is InChI=1S/C14H9IO3/c15-9-1-3-11-8(5-9)7-18-13-4-2-10(16)6-12(13)14(11)17/h1-6,16H,7H2. The number of carbonyl (C=O) groups is 1. The van der Waals surface area contributed by atoms with E-state index in [-0.39, 0.29) is 11.5 Å². The van der Waals surface area contributed by atoms with Crippen molar-refractivity contribution in [3.05, 3.63) is 56.7 Å². The molecule has 1 aliphatic heterocycles. The van der Waals surface area contributed by atoms with Crippen molar-refractivity contribution in [1.82, 2.24) is 0 Å². The van der Waals surface area contributed by atoms with Gasteiger partial charge in [0.05, 0.1) is 5.56 Å². The van der Waals surface area contributed by atoms with Crippen LogP contribution in [0, 0.1) is 3.57 Å². The fourth-order valence-corrected chi connectivity index (χ4v) is 2.58. The molecule has 3 rings (SSSR count). The Morgan fingerprint density at radius 1 is 1.11 bits per heavy atom. The van der Waals surface area contributed by atoms with Gasteiger partial charge in [0.2, 0.25) is 0 Å². The number of phenols is 1. The van der Waals surface area contributed by atoms with Gasteiger partial charge in [0.15, 0.2) is 5.78 Å². The number of aromatic hydroxyl groups is 1. The number of benzene rings is 2. The Morgan fingerprint density at radius 2 is 1.94 bits per heavy atom. The third-order valence-electron chi connectivity index (χ3n) is 2.90. The van der Waals surface area contributed by atoms with Gasteiger partial charge in [0, 0.05) is 14.7 Å². The lowest BCUT2D eigenvalue weighted by atomic mass is 9.99. The topological polar surface area (TPSA) is 46.5 Å². The first kappa shape index (κ1) is 11.5. The van der Waals surface area contributed by atoms with E-state index in [4.69, 9.17) is 4.74 Å². The number of fused-ring (bicyclic) bond motifs is 2. The Kier molecular flexibility index (Phi) is 2.74. The molecule has 0 aliphatic carbocycles. The Balaban J connectivity index is 2.20. The smallest absolute Gasteiger partial charge is 0.197 e. The molecule has 1 heterocycles. The number of hydrogen-bond acceptors (Lipinski definition) is 3. The summed E-state index contributed by atoms with van der Waals surface area (Å²) in [5.74, 6) is 0.480. The summed E-state index contributed by atoms with van der Waals surface area (Å²) >= 11 is 2.20. The van der Waals surface area contributed by atoms with Gasteiger partial charge in [0.1, 0.15) is 18.1 Å². The van der Waals surface area contributed by atoms with Crippen LogP contribution < -0.4 is 4.74 Å². The van der Waals surface area contributed by atoms with Crippen molar-refractivity contribution in [2.45, 2.75) is 6.61 Å². The van der Waals surface area contributed by atoms with Crippen LogP contribution in [0.5, 0.6) is 11.5 Å². The molecule has 0 spiro atoms. The second-order valence-electron chi connectivity index (χ2n) is 4.10. The van der Waals surface area contributed by atoms with Crippen molar-refractivity contribution in [2.75, 3.05) is 0 Å². The van der Waals surface area contributed by atoms with Gasteiger partial charge >= 0.3 is 0 Å². The fraction of sp³-hybridized carbons (Fsp3) is 0.0714. The van der Waals surface area contributed by atoms with Crippen LogP contribution >= 0.6 is 22.6 Å². The third kappa shape index (κ3) is 1.86. The van der Waals surface area contributed by atoms with Crippen molar-refractivity contribution in [1.29, 1.82) is 0 Å². The lowest BCUT2D eigenvalue weighted by Crippen LogP contribution is -2.02. The van der Waals surface area contributed by atoms with Crippen molar-refractivity contribution >= 4 is 28.4 Å². The van der Waals surface area contributed by atoms with Crippen LogP contribution in [-0.2, 0) is 6.61 Å². The average molecular weight is 352 g/mol. The molecule has 0 bridgehead atoms. The van der Waals surface area contributed by atoms with Crippen LogP contribution in [0.2, 0.25) is 0 Å². The highest BCUT2D eigenvalue weighted by Crippen LogP contribution is 2.31. The van der Waals surface area contributed by atoms with Crippen LogP contribution in [0.4, 0.5) is 0 Å². The SMILES string of the molecule is O=C1c2ccc(I)cc2COc2ccc(O)cc21. The van der Waals surface area contributed by atoms with Crippen LogP contribution in [-0.4, -0.2) is 10.9 Å². The summed E-state index contributed by atoms with van der Waals surface area (Å²) in [5.41, 5.74) is 1.93. The van der Waals surface area contributed by atoms with Crippen LogP contribution in [0.15, 0.2) is 36.4 Å². The minimum absolute atomic E-state index is 0.0691. The van der Waals surface area contributed by atoms with E-state index in [9.17, 15) is 9.90 Å². The first-order valence-electron chi connectivity index (χ1n) is 5.44. The zero-order valence-electron chi connectivity index (χ0n) is 9.31. The summed E-state index contributed by atoms with van der Waals surface area (Å²) < 4.78 is 6.69. The predicted octanol–water partition coefficient (Wildman–Crippen LogP) is 3.12. The molecule has 1 N–H and O–H groups in total. The number of ether oxygens (including phenoxy) is 1. The van der Waals surface area contributed by atoms with E-state index >= 15 is 0 Å². The van der Waals surface area contributed by atoms with E-state index < -0.39 is 0 Å². The molecule has 90 valence electrons. The van der Waals surface area contributed by atoms with E-state index in [1.165, 1.54) is 12.1 Å². The lowest BCUT2D eigenvalue weighted by molar-refractivity contribution is 0.103. The van der Waals surface area contributed by atoms with E-state index in [0.29, 0.717) is 23.5 Å². The monoisotopic (exact) mass is 352 g/mol. The third-order valence-corrected chi connectivity index (χ3v) is 3.57. The molecular weight excluding hydrogens is 343 g/mol. The molecular formula is C14H9IO3. The van der Waals surface area contributed by atoms with E-state index in [2.05, 4.69) is 22.6 Å². The predicted molar refractivity (Wildman–Crippen MR) is 75.0 cm³/mol. The Bertz CT molecular complexity index is 649. The Labute approximate surface area is 118 Å². The van der Waals surface area contributed by atoms with Crippen molar-refractivity contribution in [3.8, 4) is 11.5 Å². The van der Waals surface area contributed by atoms with E-state index in [1.807, 2.05) is 18.2 Å². The Hall–Kier alpha value is -1.56. The first-order chi connectivity index (χ1) is 8.65. The molecule has 18 heavy (non-hydrogen) atoms. The van der Waals surface area contributed by atoms with Crippen molar-refractivity contribution in [3.63, 3.8) is 0 Å². The highest BCUT2D eigenvalue weighted by molar-refractivity contribution is 14.1. The summed E-state index contributed by atoms with van der Waals surface area (Å²) in [7, 11) is 0. The number of phenolic OH excluding ortho intramolecular Hbond substituents is 1. The average Bonchev–Trinajstić information content (AvgIpc) is 2.48. The normalized spacial score (nSPS) is 13.3. The van der Waals surface area contributed by atoms with Crippen LogP contribution in [0.3, 0.4) is 0 Å². The van der Waals surface area contributed by atoms with Gasteiger partial charge in [-0.15, -0.1) is 0 Å². The molecule has 0 saturated heterocycles. The number of rotatable bonds is 0. The van der Waals surface area contributed by atoms with Gasteiger partial charge in [-0.05, 0) is 59.0 Å². The highest BCUT2D eigenvalue weighted by Gasteiger charge is 2.22. The number of hydrogen-bond donors (Lipinski definition) is 1. The van der Waals surface area contributed by atoms with E-state index in [1.54, 1.807) is 6.07 Å². The Morgan fingerprint density at radius 3 is 2.78 bits per heavy atom. The lowest BCUT2D eigenvalue weighted by Gasteiger charge is -2.05. The maximum atomic E-state index is 12.4. The van der Waals surface area contributed by atoms with Gasteiger partial charge in [-0.1, -0.05) is 0 Å². The first-order valence-corrected chi connectivity index (χ1v) is 6.52. The zero-order chi connectivity index (χ0) is 12.7. The van der Waals surface area contributed by atoms with Gasteiger partial charge in [-0.25, -0.2) is 0 Å². The molecule has 2 aromatic carbocycles. The summed E-state index contributed by atoms with van der Waals surface area (Å²) in [4.78, 5) is 12.4. The summed E-state index contributed by atoms with van der Waals surface area (Å²) in [6, 6.07) is 10.2. The van der Waals surface area contributed by atoms with Gasteiger partial charge in [0.25, 0.3) is 0 Å². The van der Waals surface area contributed by atoms with Gasteiger partial charge < -0.3 is 9.84 Å². The molecule has 0 atom stereocenters. The molecule has 0 fully saturated rings. The zero-order valence-corrected chi connectivity index (χ0v) is 11.5. The summed E-state index contributed by atoms with van der Waals surface area (Å²) in [6.07, 6.45) is 0. The van der Waals surface area contributed by atoms with Crippen molar-refractivity contribution in [2.24, 2.45) is 0 Å². The number of carbonyl (C=O) groups excluding carboxylic acids is 1. The number of halogens is 1. The maximum absolute atomic E-state index is 12.4. The molecule has 0 saturated carbocycles. The molecule has 3 nitrogen and oxygen atoms in total. The largest absolute Gasteiger partial charge is 0.508 e. The summed E-state index contributed by atoms with van der Waals surface area (Å²) in [6.45, 7) is 0.371.